The minimum atomic E-state index is 0.555. The first-order chi connectivity index (χ1) is 11.2. The second kappa shape index (κ2) is 6.06. The summed E-state index contributed by atoms with van der Waals surface area (Å²) in [6, 6.07) is 10.4. The average molecular weight is 342 g/mol. The highest BCUT2D eigenvalue weighted by Gasteiger charge is 2.22. The molecule has 4 rings (SSSR count). The van der Waals surface area contributed by atoms with Gasteiger partial charge in [-0.1, -0.05) is 37.3 Å². The number of rotatable bonds is 3. The lowest BCUT2D eigenvalue weighted by molar-refractivity contribution is 0.509. The van der Waals surface area contributed by atoms with Crippen molar-refractivity contribution in [3.8, 4) is 0 Å². The van der Waals surface area contributed by atoms with Crippen LogP contribution in [0.25, 0.3) is 10.2 Å². The average Bonchev–Trinajstić information content (AvgIpc) is 2.90. The number of nitrogens with zero attached hydrogens (tertiary/aromatic N) is 1. The lowest BCUT2D eigenvalue weighted by Gasteiger charge is -2.18. The number of benzene rings is 1. The van der Waals surface area contributed by atoms with Crippen LogP contribution >= 0.6 is 23.6 Å². The number of H-pyrrole nitrogens is 1. The van der Waals surface area contributed by atoms with Crippen LogP contribution in [0.15, 0.2) is 30.3 Å². The molecule has 1 aliphatic carbocycles. The standard InChI is InChI=1S/C18H19N3S2/c1-11-7-8-13-14(9-11)23-17-15(13)16(20-18(22)21-17)19-10-12-5-3-2-4-6-12/h2-6,11H,7-10H2,1H3,(H2,19,20,21,22)/t11-/m0/s1. The summed E-state index contributed by atoms with van der Waals surface area (Å²) >= 11 is 7.14. The fourth-order valence-corrected chi connectivity index (χ4v) is 4.93. The Balaban J connectivity index is 1.75. The van der Waals surface area contributed by atoms with Gasteiger partial charge in [-0.2, -0.15) is 0 Å². The molecule has 118 valence electrons. The predicted molar refractivity (Wildman–Crippen MR) is 99.8 cm³/mol. The number of thiophene rings is 1. The third kappa shape index (κ3) is 2.91. The number of fused-ring (bicyclic) bond motifs is 3. The van der Waals surface area contributed by atoms with Crippen molar-refractivity contribution in [2.24, 2.45) is 5.92 Å². The fraction of sp³-hybridized carbons (Fsp3) is 0.333. The van der Waals surface area contributed by atoms with Gasteiger partial charge in [-0.25, -0.2) is 4.98 Å². The molecule has 0 amide bonds. The minimum absolute atomic E-state index is 0.555. The van der Waals surface area contributed by atoms with E-state index >= 15 is 0 Å². The largest absolute Gasteiger partial charge is 0.367 e. The van der Waals surface area contributed by atoms with E-state index in [1.807, 2.05) is 17.4 Å². The van der Waals surface area contributed by atoms with Crippen molar-refractivity contribution in [1.29, 1.82) is 0 Å². The highest BCUT2D eigenvalue weighted by atomic mass is 32.1. The molecule has 0 spiro atoms. The molecule has 0 aliphatic heterocycles. The van der Waals surface area contributed by atoms with Crippen LogP contribution in [0.4, 0.5) is 5.82 Å². The maximum atomic E-state index is 5.32. The molecule has 1 aliphatic rings. The molecule has 1 atom stereocenters. The molecular weight excluding hydrogens is 322 g/mol. The van der Waals surface area contributed by atoms with Crippen LogP contribution in [-0.4, -0.2) is 9.97 Å². The molecule has 2 aromatic heterocycles. The van der Waals surface area contributed by atoms with Gasteiger partial charge < -0.3 is 10.3 Å². The van der Waals surface area contributed by atoms with Gasteiger partial charge in [-0.3, -0.25) is 0 Å². The summed E-state index contributed by atoms with van der Waals surface area (Å²) < 4.78 is 0.555. The van der Waals surface area contributed by atoms with Gasteiger partial charge in [0.05, 0.1) is 5.39 Å². The Bertz CT molecular complexity index is 896. The number of aryl methyl sites for hydroxylation is 1. The number of anilines is 1. The Hall–Kier alpha value is -1.72. The van der Waals surface area contributed by atoms with E-state index in [-0.39, 0.29) is 0 Å². The Morgan fingerprint density at radius 1 is 1.35 bits per heavy atom. The van der Waals surface area contributed by atoms with E-state index in [2.05, 4.69) is 46.5 Å². The molecule has 3 nitrogen and oxygen atoms in total. The van der Waals surface area contributed by atoms with E-state index in [0.717, 1.165) is 29.5 Å². The number of nitrogens with one attached hydrogen (secondary N) is 2. The van der Waals surface area contributed by atoms with Gasteiger partial charge in [0.25, 0.3) is 0 Å². The lowest BCUT2D eigenvalue weighted by Crippen LogP contribution is -2.09. The zero-order valence-electron chi connectivity index (χ0n) is 13.1. The maximum absolute atomic E-state index is 5.32. The summed E-state index contributed by atoms with van der Waals surface area (Å²) in [5.41, 5.74) is 2.73. The molecule has 23 heavy (non-hydrogen) atoms. The van der Waals surface area contributed by atoms with Crippen LogP contribution in [-0.2, 0) is 19.4 Å². The van der Waals surface area contributed by atoms with Gasteiger partial charge in [0.15, 0.2) is 4.77 Å². The first kappa shape index (κ1) is 14.8. The van der Waals surface area contributed by atoms with E-state index in [0.29, 0.717) is 4.77 Å². The molecule has 0 saturated carbocycles. The maximum Gasteiger partial charge on any atom is 0.199 e. The molecular formula is C18H19N3S2. The first-order valence-corrected chi connectivity index (χ1v) is 9.25. The van der Waals surface area contributed by atoms with Crippen LogP contribution in [0.3, 0.4) is 0 Å². The minimum Gasteiger partial charge on any atom is -0.367 e. The van der Waals surface area contributed by atoms with E-state index in [4.69, 9.17) is 12.2 Å². The van der Waals surface area contributed by atoms with E-state index in [1.165, 1.54) is 34.2 Å². The normalized spacial score (nSPS) is 17.2. The Labute approximate surface area is 144 Å². The van der Waals surface area contributed by atoms with Gasteiger partial charge in [0.2, 0.25) is 0 Å². The Kier molecular flexibility index (Phi) is 3.91. The van der Waals surface area contributed by atoms with Crippen LogP contribution in [0.1, 0.15) is 29.3 Å². The summed E-state index contributed by atoms with van der Waals surface area (Å²) in [6.45, 7) is 3.12. The molecule has 2 heterocycles. The quantitative estimate of drug-likeness (QED) is 0.652. The molecule has 1 aromatic carbocycles. The molecule has 0 unspecified atom stereocenters. The summed E-state index contributed by atoms with van der Waals surface area (Å²) in [4.78, 5) is 10.4. The van der Waals surface area contributed by atoms with Gasteiger partial charge in [-0.05, 0) is 48.5 Å². The first-order valence-electron chi connectivity index (χ1n) is 8.03. The van der Waals surface area contributed by atoms with Crippen LogP contribution in [0.5, 0.6) is 0 Å². The Morgan fingerprint density at radius 3 is 3.00 bits per heavy atom. The molecule has 3 aromatic rings. The van der Waals surface area contributed by atoms with Crippen molar-refractivity contribution in [2.45, 2.75) is 32.7 Å². The van der Waals surface area contributed by atoms with Crippen LogP contribution in [0, 0.1) is 10.7 Å². The second-order valence-electron chi connectivity index (χ2n) is 6.29. The monoisotopic (exact) mass is 341 g/mol. The van der Waals surface area contributed by atoms with Crippen molar-refractivity contribution >= 4 is 39.6 Å². The molecule has 0 radical (unpaired) electrons. The highest BCUT2D eigenvalue weighted by molar-refractivity contribution is 7.71. The second-order valence-corrected chi connectivity index (χ2v) is 7.76. The summed E-state index contributed by atoms with van der Waals surface area (Å²) in [5.74, 6) is 1.79. The van der Waals surface area contributed by atoms with Gasteiger partial charge >= 0.3 is 0 Å². The molecule has 5 heteroatoms. The molecule has 2 N–H and O–H groups in total. The summed E-state index contributed by atoms with van der Waals surface area (Å²) in [7, 11) is 0. The zero-order chi connectivity index (χ0) is 15.8. The van der Waals surface area contributed by atoms with Crippen molar-refractivity contribution in [1.82, 2.24) is 9.97 Å². The Morgan fingerprint density at radius 2 is 2.17 bits per heavy atom. The van der Waals surface area contributed by atoms with Gasteiger partial charge in [0, 0.05) is 11.4 Å². The topological polar surface area (TPSA) is 40.7 Å². The number of hydrogen-bond donors (Lipinski definition) is 2. The number of hydrogen-bond acceptors (Lipinski definition) is 4. The van der Waals surface area contributed by atoms with Crippen LogP contribution < -0.4 is 5.32 Å². The van der Waals surface area contributed by atoms with E-state index < -0.39 is 0 Å². The zero-order valence-corrected chi connectivity index (χ0v) is 14.7. The number of aromatic amines is 1. The predicted octanol–water partition coefficient (Wildman–Crippen LogP) is 5.09. The lowest BCUT2D eigenvalue weighted by atomic mass is 9.89. The van der Waals surface area contributed by atoms with E-state index in [1.54, 1.807) is 0 Å². The third-order valence-electron chi connectivity index (χ3n) is 4.49. The summed E-state index contributed by atoms with van der Waals surface area (Å²) in [5, 5.41) is 4.79. The summed E-state index contributed by atoms with van der Waals surface area (Å²) in [6.07, 6.45) is 3.57. The molecule has 0 bridgehead atoms. The molecule has 0 fully saturated rings. The smallest absolute Gasteiger partial charge is 0.199 e. The number of aromatic nitrogens is 2. The van der Waals surface area contributed by atoms with Crippen LogP contribution in [0.2, 0.25) is 0 Å². The van der Waals surface area contributed by atoms with Gasteiger partial charge in [-0.15, -0.1) is 11.3 Å². The third-order valence-corrected chi connectivity index (χ3v) is 5.83. The molecule has 0 saturated heterocycles. The highest BCUT2D eigenvalue weighted by Crippen LogP contribution is 2.39. The SMILES string of the molecule is C[C@H]1CCc2c(sc3nc(=S)[nH]c(NCc4ccccc4)c23)C1. The fourth-order valence-electron chi connectivity index (χ4n) is 3.28. The van der Waals surface area contributed by atoms with Crippen molar-refractivity contribution in [2.75, 3.05) is 5.32 Å². The van der Waals surface area contributed by atoms with Gasteiger partial charge in [0.1, 0.15) is 10.6 Å². The van der Waals surface area contributed by atoms with Crippen molar-refractivity contribution in [3.63, 3.8) is 0 Å². The van der Waals surface area contributed by atoms with Crippen molar-refractivity contribution < 1.29 is 0 Å². The van der Waals surface area contributed by atoms with Crippen molar-refractivity contribution in [3.05, 3.63) is 51.1 Å². The van der Waals surface area contributed by atoms with E-state index in [9.17, 15) is 0 Å².